The Hall–Kier alpha value is -13.3. The average molecular weight is 1870 g/mol. The minimum absolute atomic E-state index is 0.0330. The molecule has 8 aromatic rings. The van der Waals surface area contributed by atoms with Crippen molar-refractivity contribution in [2.75, 3.05) is 76.9 Å². The molecule has 0 bridgehead atoms. The van der Waals surface area contributed by atoms with Crippen LogP contribution in [-0.4, -0.2) is 225 Å². The van der Waals surface area contributed by atoms with Gasteiger partial charge in [0.2, 0.25) is 40.8 Å². The number of carboxylic acid groups (broad SMARTS) is 4. The summed E-state index contributed by atoms with van der Waals surface area (Å²) in [5, 5.41) is 28.6. The van der Waals surface area contributed by atoms with Gasteiger partial charge in [-0.15, -0.1) is 30.1 Å². The number of terminal acetylenes is 1. The SMILES string of the molecule is C#Cc1nc2nc(N3CCCCC3)n(CC#CC)c2c(=O)n1C.CC#CCn1c(N2CCCCC2)nc2nc(CC(C)=O)n(C)c(=O)c21.CC#CCn1c(N2CCCCC2)nc2nc(N(C(C)=O)C(C)C)n(C)c(=O)c21.CC#CCn1c(N2CCCCC2)nc2nc(S(=O)C(C)C)n(C)c(=O)c21.O=C(O)C(F)(F)F.O=C(O)C(F)(F)F.O=C(O)C(F)(F)F.O=C(O)C(F)(F)F. The summed E-state index contributed by atoms with van der Waals surface area (Å²) in [5.74, 6) is 18.9. The Morgan fingerprint density at radius 3 is 0.923 bits per heavy atom. The molecule has 4 saturated heterocycles. The fourth-order valence-corrected chi connectivity index (χ4v) is 14.0. The second-order valence-corrected chi connectivity index (χ2v) is 31.3. The highest BCUT2D eigenvalue weighted by Gasteiger charge is 2.41. The summed E-state index contributed by atoms with van der Waals surface area (Å²) in [7, 11) is 5.19. The molecule has 49 heteroatoms. The Bertz CT molecular complexity index is 5920. The van der Waals surface area contributed by atoms with Gasteiger partial charge in [-0.3, -0.25) is 74.4 Å². The zero-order valence-corrected chi connectivity index (χ0v) is 74.3. The molecular weight excluding hydrogens is 1770 g/mol. The lowest BCUT2D eigenvalue weighted by molar-refractivity contribution is -0.193. The van der Waals surface area contributed by atoms with Crippen LogP contribution >= 0.6 is 0 Å². The van der Waals surface area contributed by atoms with E-state index < -0.39 is 59.4 Å². The molecule has 1 atom stereocenters. The van der Waals surface area contributed by atoms with Crippen LogP contribution in [0.25, 0.3) is 44.7 Å². The lowest BCUT2D eigenvalue weighted by Crippen LogP contribution is -2.40. The molecule has 130 heavy (non-hydrogen) atoms. The number of piperidine rings is 4. The summed E-state index contributed by atoms with van der Waals surface area (Å²) >= 11 is 0. The Labute approximate surface area is 738 Å². The number of anilines is 5. The summed E-state index contributed by atoms with van der Waals surface area (Å²) in [6, 6.07) is -0.123. The highest BCUT2D eigenvalue weighted by molar-refractivity contribution is 7.85. The molecule has 4 fully saturated rings. The number of alkyl halides is 12. The van der Waals surface area contributed by atoms with Crippen LogP contribution < -0.4 is 46.7 Å². The van der Waals surface area contributed by atoms with Crippen LogP contribution in [0.4, 0.5) is 82.4 Å². The van der Waals surface area contributed by atoms with E-state index in [2.05, 4.69) is 108 Å². The fraction of sp³-hybridized carbons (Fsp3) is 0.556. The zero-order chi connectivity index (χ0) is 97.9. The van der Waals surface area contributed by atoms with Gasteiger partial charge < -0.3 is 40.0 Å². The topological polar surface area (TPSA) is 427 Å². The van der Waals surface area contributed by atoms with Crippen molar-refractivity contribution in [3.8, 4) is 59.7 Å². The zero-order valence-electron chi connectivity index (χ0n) is 73.5. The van der Waals surface area contributed by atoms with Crippen LogP contribution in [-0.2, 0) is 100 Å². The van der Waals surface area contributed by atoms with Gasteiger partial charge in [-0.2, -0.15) is 82.6 Å². The number of carbonyl (C=O) groups excluding carboxylic acids is 2. The maximum Gasteiger partial charge on any atom is 0.490 e. The molecule has 4 N–H and O–H groups in total. The normalized spacial score (nSPS) is 14.0. The number of fused-ring (bicyclic) bond motifs is 4. The van der Waals surface area contributed by atoms with Crippen molar-refractivity contribution in [3.63, 3.8) is 0 Å². The molecule has 0 aromatic carbocycles. The number of ketones is 1. The largest absolute Gasteiger partial charge is 0.490 e. The highest BCUT2D eigenvalue weighted by atomic mass is 32.2. The van der Waals surface area contributed by atoms with Crippen molar-refractivity contribution < 1.29 is 106 Å². The number of hydrogen-bond donors (Lipinski definition) is 4. The van der Waals surface area contributed by atoms with Crippen molar-refractivity contribution in [1.82, 2.24) is 76.4 Å². The number of imidazole rings is 4. The predicted octanol–water partition coefficient (Wildman–Crippen LogP) is 8.50. The molecular formula is C81H99F12N21O15S. The van der Waals surface area contributed by atoms with Gasteiger partial charge in [0.1, 0.15) is 11.6 Å². The average Bonchev–Trinajstić information content (AvgIpc) is 1.63. The smallest absolute Gasteiger partial charge is 0.475 e. The molecule has 1 amide bonds. The molecule has 12 heterocycles. The third-order valence-corrected chi connectivity index (χ3v) is 20.9. The van der Waals surface area contributed by atoms with E-state index >= 15 is 0 Å². The predicted molar refractivity (Wildman–Crippen MR) is 456 cm³/mol. The first-order valence-electron chi connectivity index (χ1n) is 40.1. The lowest BCUT2D eigenvalue weighted by Gasteiger charge is -2.27. The Morgan fingerprint density at radius 2 is 0.669 bits per heavy atom. The summed E-state index contributed by atoms with van der Waals surface area (Å²) < 4.78 is 153. The Kier molecular flexibility index (Phi) is 39.3. The van der Waals surface area contributed by atoms with Crippen molar-refractivity contribution in [1.29, 1.82) is 0 Å². The fourth-order valence-electron chi connectivity index (χ4n) is 13.0. The molecule has 0 radical (unpaired) electrons. The van der Waals surface area contributed by atoms with E-state index in [1.54, 1.807) is 55.9 Å². The van der Waals surface area contributed by atoms with Crippen LogP contribution in [0.3, 0.4) is 0 Å². The molecule has 4 aliphatic rings. The van der Waals surface area contributed by atoms with Gasteiger partial charge in [0.05, 0.1) is 43.4 Å². The number of nitrogens with zero attached hydrogens (tertiary/aromatic N) is 21. The minimum atomic E-state index is -5.08. The highest BCUT2D eigenvalue weighted by Crippen LogP contribution is 2.30. The number of rotatable bonds is 14. The molecule has 8 aromatic heterocycles. The Morgan fingerprint density at radius 1 is 0.408 bits per heavy atom. The third kappa shape index (κ3) is 28.4. The van der Waals surface area contributed by atoms with Crippen LogP contribution in [0, 0.1) is 59.7 Å². The number of carbonyl (C=O) groups is 6. The standard InChI is InChI=1S/C20H28N6O2.C18H25N5O2S.C18H23N5O2.C17H19N5O.4C2HF3O2/c1-6-7-13-25-16-17(22-20(25)24-11-9-8-10-12-24)21-19(23(5)18(16)28)26(14(2)3)15(4)27;1-5-6-12-23-14-15(19-17(23)22-10-8-7-9-11-22)20-18(21(4)16(14)24)26(25)13(2)3;1-4-5-11-23-15-16(20-18(23)22-9-7-6-8-10-22)19-14(12-13(2)24)21(3)17(15)25;1-4-6-12-22-14-15(18-13(5-2)20(3)16(14)23)19-17(22)21-10-8-7-9-11-21;4*3-2(4,5)1(6)7/h14H,8-13H2,1-5H3;13H,7-12H2,1-4H3;6-12H2,1-3H3;2H,7-12H2,1,3H3;4*(H,6,7). The number of carboxylic acids is 4. The maximum absolute atomic E-state index is 13.2. The second-order valence-electron chi connectivity index (χ2n) is 29.4. The molecule has 708 valence electrons. The van der Waals surface area contributed by atoms with Crippen molar-refractivity contribution >= 4 is 121 Å². The molecule has 36 nitrogen and oxygen atoms in total. The van der Waals surface area contributed by atoms with Crippen LogP contribution in [0.2, 0.25) is 0 Å². The molecule has 0 spiro atoms. The van der Waals surface area contributed by atoms with E-state index in [0.29, 0.717) is 88.4 Å². The van der Waals surface area contributed by atoms with E-state index in [1.807, 2.05) is 46.0 Å². The first kappa shape index (κ1) is 107. The van der Waals surface area contributed by atoms with Crippen molar-refractivity contribution in [2.24, 2.45) is 28.2 Å². The molecule has 1 unspecified atom stereocenters. The first-order chi connectivity index (χ1) is 60.8. The first-order valence-corrected chi connectivity index (χ1v) is 41.3. The molecule has 0 aliphatic carbocycles. The summed E-state index contributed by atoms with van der Waals surface area (Å²) in [5.41, 5.74) is 2.49. The lowest BCUT2D eigenvalue weighted by atomic mass is 10.1. The van der Waals surface area contributed by atoms with E-state index in [1.165, 1.54) is 62.7 Å². The van der Waals surface area contributed by atoms with Crippen LogP contribution in [0.1, 0.15) is 158 Å². The van der Waals surface area contributed by atoms with Crippen molar-refractivity contribution in [2.45, 2.75) is 220 Å². The van der Waals surface area contributed by atoms with Crippen LogP contribution in [0.5, 0.6) is 0 Å². The quantitative estimate of drug-likeness (QED) is 0.0450. The minimum Gasteiger partial charge on any atom is -0.475 e. The third-order valence-electron chi connectivity index (χ3n) is 19.3. The number of aromatic nitrogens is 16. The summed E-state index contributed by atoms with van der Waals surface area (Å²) in [6.07, 6.45) is -0.998. The number of aliphatic carboxylic acids is 4. The number of halogens is 12. The molecule has 4 aliphatic heterocycles. The Balaban J connectivity index is 0.000000279. The molecule has 0 saturated carbocycles. The summed E-state index contributed by atoms with van der Waals surface area (Å²) in [6.45, 7) is 26.5. The molecule has 12 rings (SSSR count). The number of hydrogen-bond acceptors (Lipinski definition) is 23. The van der Waals surface area contributed by atoms with E-state index in [9.17, 15) is 85.7 Å². The van der Waals surface area contributed by atoms with Gasteiger partial charge in [0, 0.05) is 98.8 Å². The van der Waals surface area contributed by atoms with E-state index in [4.69, 9.17) is 51.0 Å². The van der Waals surface area contributed by atoms with Gasteiger partial charge in [0.15, 0.2) is 50.5 Å². The van der Waals surface area contributed by atoms with Gasteiger partial charge in [-0.05, 0) is 131 Å². The number of amides is 1. The monoisotopic (exact) mass is 1870 g/mol. The van der Waals surface area contributed by atoms with Crippen molar-refractivity contribution in [3.05, 3.63) is 53.1 Å². The second kappa shape index (κ2) is 47.7. The van der Waals surface area contributed by atoms with Crippen LogP contribution in [0.15, 0.2) is 24.3 Å². The maximum atomic E-state index is 13.2. The van der Waals surface area contributed by atoms with E-state index in [-0.39, 0.29) is 56.8 Å². The van der Waals surface area contributed by atoms with Gasteiger partial charge in [-0.25, -0.2) is 29.1 Å². The van der Waals surface area contributed by atoms with Gasteiger partial charge in [-0.1, -0.05) is 37.5 Å². The van der Waals surface area contributed by atoms with Gasteiger partial charge >= 0.3 is 48.6 Å². The van der Waals surface area contributed by atoms with E-state index in [0.717, 1.165) is 128 Å². The van der Waals surface area contributed by atoms with Gasteiger partial charge in [0.25, 0.3) is 22.2 Å². The summed E-state index contributed by atoms with van der Waals surface area (Å²) in [4.78, 5) is 158. The number of Topliss-reactive ketones (excluding diaryl/α,β-unsaturated/α-hetero) is 1.